The first kappa shape index (κ1) is 22.2. The summed E-state index contributed by atoms with van der Waals surface area (Å²) < 4.78 is 1.17. The maximum absolute atomic E-state index is 12.9. The number of unbranched alkanes of at least 4 members (excludes halogenated alkanes) is 3. The summed E-state index contributed by atoms with van der Waals surface area (Å²) in [6.07, 6.45) is 9.04. The van der Waals surface area contributed by atoms with E-state index in [1.54, 1.807) is 0 Å². The van der Waals surface area contributed by atoms with E-state index < -0.39 is 17.2 Å². The van der Waals surface area contributed by atoms with Gasteiger partial charge in [-0.15, -0.1) is 0 Å². The Morgan fingerprint density at radius 1 is 1.09 bits per heavy atom. The van der Waals surface area contributed by atoms with Crippen molar-refractivity contribution in [1.82, 2.24) is 19.5 Å². The van der Waals surface area contributed by atoms with Crippen molar-refractivity contribution in [3.8, 4) is 0 Å². The second-order valence-corrected chi connectivity index (χ2v) is 8.99. The molecule has 8 nitrogen and oxygen atoms in total. The van der Waals surface area contributed by atoms with Crippen molar-refractivity contribution in [2.24, 2.45) is 5.92 Å². The van der Waals surface area contributed by atoms with Crippen molar-refractivity contribution < 1.29 is 9.90 Å². The molecule has 4 rings (SSSR count). The third-order valence-electron chi connectivity index (χ3n) is 6.55. The van der Waals surface area contributed by atoms with Gasteiger partial charge in [0.2, 0.25) is 0 Å². The molecule has 0 amide bonds. The van der Waals surface area contributed by atoms with Gasteiger partial charge in [0.15, 0.2) is 11.2 Å². The minimum atomic E-state index is -0.807. The molecule has 32 heavy (non-hydrogen) atoms. The van der Waals surface area contributed by atoms with Gasteiger partial charge in [-0.3, -0.25) is 19.1 Å². The highest BCUT2D eigenvalue weighted by Gasteiger charge is 2.18. The zero-order valence-electron chi connectivity index (χ0n) is 18.5. The van der Waals surface area contributed by atoms with E-state index in [2.05, 4.69) is 27.9 Å². The summed E-state index contributed by atoms with van der Waals surface area (Å²) >= 11 is 0. The van der Waals surface area contributed by atoms with Gasteiger partial charge in [0.05, 0.1) is 11.0 Å². The third-order valence-corrected chi connectivity index (χ3v) is 6.55. The number of aromatic nitrogens is 4. The second kappa shape index (κ2) is 9.63. The van der Waals surface area contributed by atoms with Crippen LogP contribution in [0, 0.1) is 12.8 Å². The highest BCUT2D eigenvalue weighted by Crippen LogP contribution is 2.30. The monoisotopic (exact) mass is 438 g/mol. The number of nitrogens with one attached hydrogen (secondary N) is 1. The maximum Gasteiger partial charge on any atom is 0.330 e. The van der Waals surface area contributed by atoms with Crippen LogP contribution >= 0.6 is 0 Å². The molecule has 1 aromatic carbocycles. The van der Waals surface area contributed by atoms with Crippen LogP contribution in [-0.2, 0) is 17.8 Å². The third kappa shape index (κ3) is 4.89. The summed E-state index contributed by atoms with van der Waals surface area (Å²) in [6, 6.07) is 4.04. The Labute approximate surface area is 185 Å². The fraction of sp³-hybridized carbons (Fsp3) is 0.542. The first-order valence-electron chi connectivity index (χ1n) is 11.6. The normalized spacial score (nSPS) is 14.5. The molecule has 0 aliphatic heterocycles. The number of hydrogen-bond donors (Lipinski definition) is 2. The molecular weight excluding hydrogens is 408 g/mol. The van der Waals surface area contributed by atoms with Crippen molar-refractivity contribution in [3.63, 3.8) is 0 Å². The fourth-order valence-electron chi connectivity index (χ4n) is 4.72. The number of aromatic amines is 1. The Balaban J connectivity index is 1.58. The molecule has 0 spiro atoms. The number of rotatable bonds is 9. The molecule has 2 aromatic heterocycles. The largest absolute Gasteiger partial charge is 0.481 e. The van der Waals surface area contributed by atoms with Crippen molar-refractivity contribution in [1.29, 1.82) is 0 Å². The molecule has 8 heteroatoms. The van der Waals surface area contributed by atoms with Gasteiger partial charge in [0, 0.05) is 13.0 Å². The van der Waals surface area contributed by atoms with Crippen LogP contribution in [0.15, 0.2) is 21.7 Å². The number of nitrogens with zero attached hydrogens (tertiary/aromatic N) is 3. The zero-order valence-corrected chi connectivity index (χ0v) is 18.5. The number of carbonyl (C=O) groups is 1. The highest BCUT2D eigenvalue weighted by molar-refractivity contribution is 5.84. The number of H-pyrrole nitrogens is 1. The molecular formula is C24H30N4O4. The van der Waals surface area contributed by atoms with Crippen molar-refractivity contribution in [2.75, 3.05) is 0 Å². The van der Waals surface area contributed by atoms with Crippen LogP contribution in [0.1, 0.15) is 68.9 Å². The van der Waals surface area contributed by atoms with E-state index in [0.29, 0.717) is 23.9 Å². The maximum atomic E-state index is 12.9. The number of carboxylic acid groups (broad SMARTS) is 1. The van der Waals surface area contributed by atoms with Crippen LogP contribution < -0.4 is 11.2 Å². The first-order valence-corrected chi connectivity index (χ1v) is 11.6. The van der Waals surface area contributed by atoms with Gasteiger partial charge < -0.3 is 5.11 Å². The average Bonchev–Trinajstić information content (AvgIpc) is 3.25. The molecule has 1 fully saturated rings. The second-order valence-electron chi connectivity index (χ2n) is 8.99. The van der Waals surface area contributed by atoms with E-state index in [4.69, 9.17) is 5.11 Å². The molecule has 3 aromatic rings. The smallest absolute Gasteiger partial charge is 0.330 e. The van der Waals surface area contributed by atoms with Gasteiger partial charge in [0.25, 0.3) is 5.56 Å². The van der Waals surface area contributed by atoms with E-state index in [0.717, 1.165) is 30.7 Å². The van der Waals surface area contributed by atoms with Crippen LogP contribution in [0.4, 0.5) is 0 Å². The lowest BCUT2D eigenvalue weighted by Gasteiger charge is -2.13. The standard InChI is InChI=1S/C24H30N4O4/c1-15-12-18-19(14-17(15)13-16-8-5-6-9-16)26-22-21(25-18)23(31)28(24(32)27-22)11-7-3-2-4-10-20(29)30/h12,14,16H,2-11,13H2,1H3,(H,29,30)(H,26,27,32). The van der Waals surface area contributed by atoms with Gasteiger partial charge in [-0.1, -0.05) is 38.5 Å². The zero-order chi connectivity index (χ0) is 22.7. The number of fused-ring (bicyclic) bond motifs is 2. The van der Waals surface area contributed by atoms with Crippen LogP contribution in [-0.4, -0.2) is 30.6 Å². The minimum absolute atomic E-state index is 0.140. The molecule has 0 bridgehead atoms. The SMILES string of the molecule is Cc1cc2nc3c(=O)n(CCCCCCC(=O)O)c(=O)[nH]c3nc2cc1CC1CCCC1. The van der Waals surface area contributed by atoms with E-state index in [1.165, 1.54) is 35.8 Å². The molecule has 170 valence electrons. The van der Waals surface area contributed by atoms with Gasteiger partial charge in [-0.2, -0.15) is 0 Å². The lowest BCUT2D eigenvalue weighted by Crippen LogP contribution is -2.35. The van der Waals surface area contributed by atoms with Crippen LogP contribution in [0.25, 0.3) is 22.2 Å². The average molecular weight is 439 g/mol. The van der Waals surface area contributed by atoms with Crippen LogP contribution in [0.3, 0.4) is 0 Å². The van der Waals surface area contributed by atoms with E-state index in [-0.39, 0.29) is 24.1 Å². The summed E-state index contributed by atoms with van der Waals surface area (Å²) in [4.78, 5) is 47.9. The topological polar surface area (TPSA) is 118 Å². The van der Waals surface area contributed by atoms with E-state index in [9.17, 15) is 14.4 Å². The van der Waals surface area contributed by atoms with Gasteiger partial charge in [-0.25, -0.2) is 14.8 Å². The Bertz CT molecular complexity index is 1250. The number of aryl methyl sites for hydroxylation is 1. The fourth-order valence-corrected chi connectivity index (χ4v) is 4.72. The molecule has 0 unspecified atom stereocenters. The number of carboxylic acids is 1. The summed E-state index contributed by atoms with van der Waals surface area (Å²) in [5.74, 6) is -0.0883. The van der Waals surface area contributed by atoms with Gasteiger partial charge in [-0.05, 0) is 55.4 Å². The molecule has 0 saturated heterocycles. The Morgan fingerprint density at radius 2 is 1.81 bits per heavy atom. The molecule has 2 heterocycles. The molecule has 0 atom stereocenters. The molecule has 1 saturated carbocycles. The minimum Gasteiger partial charge on any atom is -0.481 e. The Kier molecular flexibility index (Phi) is 6.67. The summed E-state index contributed by atoms with van der Waals surface area (Å²) in [7, 11) is 0. The van der Waals surface area contributed by atoms with E-state index >= 15 is 0 Å². The van der Waals surface area contributed by atoms with Crippen molar-refractivity contribution in [3.05, 3.63) is 44.1 Å². The van der Waals surface area contributed by atoms with E-state index in [1.807, 2.05) is 6.07 Å². The van der Waals surface area contributed by atoms with Crippen molar-refractivity contribution in [2.45, 2.75) is 77.7 Å². The quantitative estimate of drug-likeness (QED) is 0.388. The van der Waals surface area contributed by atoms with Crippen molar-refractivity contribution >= 4 is 28.2 Å². The lowest BCUT2D eigenvalue weighted by atomic mass is 9.94. The molecule has 2 N–H and O–H groups in total. The van der Waals surface area contributed by atoms with Gasteiger partial charge in [0.1, 0.15) is 0 Å². The Morgan fingerprint density at radius 3 is 2.56 bits per heavy atom. The number of benzene rings is 1. The summed E-state index contributed by atoms with van der Waals surface area (Å²) in [6.45, 7) is 2.35. The highest BCUT2D eigenvalue weighted by atomic mass is 16.4. The van der Waals surface area contributed by atoms with Crippen LogP contribution in [0.2, 0.25) is 0 Å². The molecule has 1 aliphatic carbocycles. The lowest BCUT2D eigenvalue weighted by molar-refractivity contribution is -0.137. The number of aliphatic carboxylic acids is 1. The summed E-state index contributed by atoms with van der Waals surface area (Å²) in [5.41, 5.74) is 3.25. The first-order chi connectivity index (χ1) is 15.4. The molecule has 0 radical (unpaired) electrons. The van der Waals surface area contributed by atoms with Crippen LogP contribution in [0.5, 0.6) is 0 Å². The summed E-state index contributed by atoms with van der Waals surface area (Å²) in [5, 5.41) is 8.69. The van der Waals surface area contributed by atoms with Gasteiger partial charge >= 0.3 is 11.7 Å². The predicted octanol–water partition coefficient (Wildman–Crippen LogP) is 3.71. The Hall–Kier alpha value is -3.03. The molecule has 1 aliphatic rings. The predicted molar refractivity (Wildman–Crippen MR) is 123 cm³/mol. The number of hydrogen-bond acceptors (Lipinski definition) is 5.